The van der Waals surface area contributed by atoms with Crippen LogP contribution in [0.2, 0.25) is 0 Å². The van der Waals surface area contributed by atoms with Crippen LogP contribution < -0.4 is 5.32 Å². The molecule has 5 nitrogen and oxygen atoms in total. The second-order valence-electron chi connectivity index (χ2n) is 6.24. The van der Waals surface area contributed by atoms with Crippen molar-refractivity contribution >= 4 is 5.96 Å². The van der Waals surface area contributed by atoms with Gasteiger partial charge in [0.05, 0.1) is 5.60 Å². The molecule has 1 N–H and O–H groups in total. The summed E-state index contributed by atoms with van der Waals surface area (Å²) in [5, 5.41) is 3.46. The lowest BCUT2D eigenvalue weighted by Crippen LogP contribution is -2.50. The molecule has 1 fully saturated rings. The molecule has 0 amide bonds. The van der Waals surface area contributed by atoms with Crippen LogP contribution in [0.15, 0.2) is 29.3 Å². The molecule has 0 aromatic heterocycles. The Morgan fingerprint density at radius 1 is 1.30 bits per heavy atom. The van der Waals surface area contributed by atoms with Crippen molar-refractivity contribution < 1.29 is 9.47 Å². The van der Waals surface area contributed by atoms with Crippen molar-refractivity contribution in [2.45, 2.75) is 31.9 Å². The summed E-state index contributed by atoms with van der Waals surface area (Å²) in [7, 11) is 5.65. The number of hydrogen-bond donors (Lipinski definition) is 1. The molecule has 1 heterocycles. The third-order valence-corrected chi connectivity index (χ3v) is 4.52. The number of aryl methyl sites for hydroxylation is 1. The molecule has 1 aromatic carbocycles. The van der Waals surface area contributed by atoms with E-state index in [1.165, 1.54) is 11.1 Å². The second kappa shape index (κ2) is 8.31. The van der Waals surface area contributed by atoms with Crippen molar-refractivity contribution in [2.75, 3.05) is 41.0 Å². The van der Waals surface area contributed by atoms with Gasteiger partial charge in [0, 0.05) is 60.4 Å². The number of methoxy groups -OCH3 is 1. The molecule has 0 spiro atoms. The molecule has 1 aromatic rings. The van der Waals surface area contributed by atoms with E-state index >= 15 is 0 Å². The maximum atomic E-state index is 5.77. The minimum Gasteiger partial charge on any atom is -0.381 e. The van der Waals surface area contributed by atoms with E-state index in [-0.39, 0.29) is 5.60 Å². The van der Waals surface area contributed by atoms with Crippen molar-refractivity contribution in [3.63, 3.8) is 0 Å². The normalized spacial score (nSPS) is 17.8. The molecule has 1 aliphatic rings. The molecule has 1 aliphatic heterocycles. The summed E-state index contributed by atoms with van der Waals surface area (Å²) in [6.07, 6.45) is 1.82. The van der Waals surface area contributed by atoms with Crippen molar-refractivity contribution in [3.8, 4) is 0 Å². The SMILES string of the molecule is CN=C(NCC1(OC)CCOCC1)N(C)Cc1ccc(C)cc1. The average molecular weight is 319 g/mol. The highest BCUT2D eigenvalue weighted by Crippen LogP contribution is 2.23. The first-order chi connectivity index (χ1) is 11.1. The molecule has 0 unspecified atom stereocenters. The van der Waals surface area contributed by atoms with Gasteiger partial charge in [0.15, 0.2) is 5.96 Å². The monoisotopic (exact) mass is 319 g/mol. The van der Waals surface area contributed by atoms with Crippen LogP contribution in [0.4, 0.5) is 0 Å². The van der Waals surface area contributed by atoms with Gasteiger partial charge >= 0.3 is 0 Å². The van der Waals surface area contributed by atoms with Gasteiger partial charge in [-0.3, -0.25) is 4.99 Å². The van der Waals surface area contributed by atoms with E-state index in [4.69, 9.17) is 9.47 Å². The molecule has 2 rings (SSSR count). The quantitative estimate of drug-likeness (QED) is 0.667. The van der Waals surface area contributed by atoms with Crippen LogP contribution in [0.1, 0.15) is 24.0 Å². The molecular weight excluding hydrogens is 290 g/mol. The summed E-state index contributed by atoms with van der Waals surface area (Å²) in [4.78, 5) is 6.53. The number of rotatable bonds is 5. The number of ether oxygens (including phenoxy) is 2. The van der Waals surface area contributed by atoms with Gasteiger partial charge in [-0.25, -0.2) is 0 Å². The van der Waals surface area contributed by atoms with Gasteiger partial charge in [0.2, 0.25) is 0 Å². The Morgan fingerprint density at radius 3 is 2.52 bits per heavy atom. The lowest BCUT2D eigenvalue weighted by Gasteiger charge is -2.37. The van der Waals surface area contributed by atoms with E-state index in [9.17, 15) is 0 Å². The predicted octanol–water partition coefficient (Wildman–Crippen LogP) is 2.20. The maximum absolute atomic E-state index is 5.77. The number of hydrogen-bond acceptors (Lipinski definition) is 3. The topological polar surface area (TPSA) is 46.1 Å². The first kappa shape index (κ1) is 17.8. The van der Waals surface area contributed by atoms with Crippen molar-refractivity contribution in [2.24, 2.45) is 4.99 Å². The Morgan fingerprint density at radius 2 is 1.96 bits per heavy atom. The van der Waals surface area contributed by atoms with E-state index in [0.29, 0.717) is 0 Å². The first-order valence-electron chi connectivity index (χ1n) is 8.19. The number of nitrogens with one attached hydrogen (secondary N) is 1. The lowest BCUT2D eigenvalue weighted by molar-refractivity contribution is -0.0857. The van der Waals surface area contributed by atoms with Crippen LogP contribution in [-0.2, 0) is 16.0 Å². The smallest absolute Gasteiger partial charge is 0.193 e. The van der Waals surface area contributed by atoms with Crippen molar-refractivity contribution in [1.82, 2.24) is 10.2 Å². The highest BCUT2D eigenvalue weighted by atomic mass is 16.5. The van der Waals surface area contributed by atoms with Crippen LogP contribution in [0.3, 0.4) is 0 Å². The fourth-order valence-electron chi connectivity index (χ4n) is 2.86. The van der Waals surface area contributed by atoms with E-state index in [1.54, 1.807) is 7.11 Å². The minimum absolute atomic E-state index is 0.154. The molecule has 0 atom stereocenters. The summed E-state index contributed by atoms with van der Waals surface area (Å²) < 4.78 is 11.2. The van der Waals surface area contributed by atoms with Crippen molar-refractivity contribution in [3.05, 3.63) is 35.4 Å². The van der Waals surface area contributed by atoms with Crippen LogP contribution in [0.25, 0.3) is 0 Å². The Balaban J connectivity index is 1.92. The third kappa shape index (κ3) is 4.94. The maximum Gasteiger partial charge on any atom is 0.193 e. The fraction of sp³-hybridized carbons (Fsp3) is 0.611. The lowest BCUT2D eigenvalue weighted by atomic mass is 9.94. The van der Waals surface area contributed by atoms with Crippen LogP contribution in [0.5, 0.6) is 0 Å². The highest BCUT2D eigenvalue weighted by molar-refractivity contribution is 5.79. The highest BCUT2D eigenvalue weighted by Gasteiger charge is 2.32. The van der Waals surface area contributed by atoms with Crippen molar-refractivity contribution in [1.29, 1.82) is 0 Å². The zero-order valence-electron chi connectivity index (χ0n) is 14.8. The molecule has 0 aliphatic carbocycles. The van der Waals surface area contributed by atoms with Crippen LogP contribution >= 0.6 is 0 Å². The van der Waals surface area contributed by atoms with Gasteiger partial charge < -0.3 is 19.7 Å². The molecule has 0 saturated carbocycles. The van der Waals surface area contributed by atoms with Gasteiger partial charge in [-0.15, -0.1) is 0 Å². The molecule has 128 valence electrons. The van der Waals surface area contributed by atoms with Gasteiger partial charge in [0.25, 0.3) is 0 Å². The first-order valence-corrected chi connectivity index (χ1v) is 8.19. The summed E-state index contributed by atoms with van der Waals surface area (Å²) in [5.41, 5.74) is 2.40. The number of aliphatic imine (C=N–C) groups is 1. The molecule has 1 saturated heterocycles. The third-order valence-electron chi connectivity index (χ3n) is 4.52. The zero-order valence-corrected chi connectivity index (χ0v) is 14.8. The second-order valence-corrected chi connectivity index (χ2v) is 6.24. The summed E-state index contributed by atoms with van der Waals surface area (Å²) in [6, 6.07) is 8.60. The molecule has 0 radical (unpaired) electrons. The minimum atomic E-state index is -0.154. The average Bonchev–Trinajstić information content (AvgIpc) is 2.58. The molecule has 5 heteroatoms. The zero-order chi connectivity index (χ0) is 16.7. The summed E-state index contributed by atoms with van der Waals surface area (Å²) in [6.45, 7) is 5.19. The van der Waals surface area contributed by atoms with E-state index in [0.717, 1.165) is 45.1 Å². The Hall–Kier alpha value is -1.59. The Labute approximate surface area is 139 Å². The van der Waals surface area contributed by atoms with Gasteiger partial charge in [-0.2, -0.15) is 0 Å². The van der Waals surface area contributed by atoms with Crippen LogP contribution in [-0.4, -0.2) is 57.4 Å². The number of nitrogens with zero attached hydrogens (tertiary/aromatic N) is 2. The van der Waals surface area contributed by atoms with Crippen LogP contribution in [0, 0.1) is 6.92 Å². The van der Waals surface area contributed by atoms with E-state index in [2.05, 4.69) is 53.4 Å². The standard InChI is InChI=1S/C18H29N3O2/c1-15-5-7-16(8-6-15)13-21(3)17(19-2)20-14-18(22-4)9-11-23-12-10-18/h5-8H,9-14H2,1-4H3,(H,19,20). The Kier molecular flexibility index (Phi) is 6.42. The fourth-order valence-corrected chi connectivity index (χ4v) is 2.86. The molecular formula is C18H29N3O2. The Bertz CT molecular complexity index is 508. The van der Waals surface area contributed by atoms with Gasteiger partial charge in [-0.1, -0.05) is 29.8 Å². The van der Waals surface area contributed by atoms with E-state index in [1.807, 2.05) is 7.05 Å². The van der Waals surface area contributed by atoms with Gasteiger partial charge in [-0.05, 0) is 12.5 Å². The molecule has 23 heavy (non-hydrogen) atoms. The van der Waals surface area contributed by atoms with Gasteiger partial charge in [0.1, 0.15) is 0 Å². The number of guanidine groups is 1. The molecule has 0 bridgehead atoms. The largest absolute Gasteiger partial charge is 0.381 e. The van der Waals surface area contributed by atoms with E-state index < -0.39 is 0 Å². The summed E-state index contributed by atoms with van der Waals surface area (Å²) in [5.74, 6) is 0.883. The summed E-state index contributed by atoms with van der Waals surface area (Å²) >= 11 is 0. The number of benzene rings is 1. The predicted molar refractivity (Wildman–Crippen MR) is 93.8 cm³/mol.